The number of pyridine rings is 1. The zero-order valence-corrected chi connectivity index (χ0v) is 22.5. The molecule has 0 unspecified atom stereocenters. The molecule has 3 aromatic rings. The van der Waals surface area contributed by atoms with Crippen molar-refractivity contribution in [3.05, 3.63) is 47.8 Å². The summed E-state index contributed by atoms with van der Waals surface area (Å²) in [6.07, 6.45) is 2.62. The third-order valence-corrected chi connectivity index (χ3v) is 7.82. The number of anilines is 2. The number of carbonyl (C=O) groups excluding carboxylic acids is 1. The molecule has 1 amide bonds. The maximum absolute atomic E-state index is 15.0. The first-order chi connectivity index (χ1) is 19.2. The van der Waals surface area contributed by atoms with Gasteiger partial charge in [0.15, 0.2) is 5.65 Å². The Morgan fingerprint density at radius 2 is 2.10 bits per heavy atom. The zero-order chi connectivity index (χ0) is 28.4. The van der Waals surface area contributed by atoms with Crippen molar-refractivity contribution in [2.24, 2.45) is 0 Å². The van der Waals surface area contributed by atoms with Crippen molar-refractivity contribution in [1.29, 1.82) is 0 Å². The Hall–Kier alpha value is -3.63. The quantitative estimate of drug-likeness (QED) is 0.188. The number of aromatic nitrogens is 2. The monoisotopic (exact) mass is 576 g/mol. The Balaban J connectivity index is 1.40. The van der Waals surface area contributed by atoms with E-state index in [1.807, 2.05) is 0 Å². The molecule has 8 nitrogen and oxygen atoms in total. The van der Waals surface area contributed by atoms with Crippen molar-refractivity contribution in [3.8, 4) is 17.6 Å². The van der Waals surface area contributed by atoms with Gasteiger partial charge in [0.2, 0.25) is 0 Å². The van der Waals surface area contributed by atoms with Gasteiger partial charge in [-0.1, -0.05) is 5.92 Å². The van der Waals surface area contributed by atoms with Crippen LogP contribution in [0, 0.1) is 11.8 Å². The third-order valence-electron chi connectivity index (χ3n) is 7.01. The zero-order valence-electron chi connectivity index (χ0n) is 21.7. The number of halogens is 4. The molecular formula is C27H28F4N6O2S. The number of benzene rings is 1. The molecule has 4 heterocycles. The summed E-state index contributed by atoms with van der Waals surface area (Å²) in [5.41, 5.74) is -2.93. The minimum absolute atomic E-state index is 0.0394. The number of ether oxygens (including phenoxy) is 1. The second-order valence-corrected chi connectivity index (χ2v) is 10.6. The predicted molar refractivity (Wildman–Crippen MR) is 146 cm³/mol. The first kappa shape index (κ1) is 27.9. The number of alkyl halides is 4. The van der Waals surface area contributed by atoms with E-state index in [0.29, 0.717) is 29.1 Å². The predicted octanol–water partition coefficient (Wildman–Crippen LogP) is 4.42. The highest BCUT2D eigenvalue weighted by Gasteiger charge is 2.42. The minimum atomic E-state index is -4.56. The van der Waals surface area contributed by atoms with Gasteiger partial charge in [0.25, 0.3) is 5.91 Å². The van der Waals surface area contributed by atoms with E-state index in [1.54, 1.807) is 30.3 Å². The van der Waals surface area contributed by atoms with Crippen LogP contribution in [0.1, 0.15) is 35.3 Å². The molecule has 5 rings (SSSR count). The van der Waals surface area contributed by atoms with Crippen LogP contribution in [0.3, 0.4) is 0 Å². The molecule has 2 fully saturated rings. The Kier molecular flexibility index (Phi) is 8.00. The molecule has 2 saturated heterocycles. The molecule has 1 aromatic carbocycles. The average Bonchev–Trinajstić information content (AvgIpc) is 3.50. The summed E-state index contributed by atoms with van der Waals surface area (Å²) in [5.74, 6) is 5.72. The first-order valence-corrected chi connectivity index (χ1v) is 13.5. The maximum atomic E-state index is 15.0. The molecule has 13 heteroatoms. The lowest BCUT2D eigenvalue weighted by molar-refractivity contribution is -0.0330. The number of thioether (sulfide) groups is 1. The molecule has 212 valence electrons. The van der Waals surface area contributed by atoms with Crippen LogP contribution in [0.5, 0.6) is 5.75 Å². The fourth-order valence-electron chi connectivity index (χ4n) is 5.18. The molecule has 2 bridgehead atoms. The van der Waals surface area contributed by atoms with Crippen LogP contribution in [-0.2, 0) is 0 Å². The van der Waals surface area contributed by atoms with E-state index in [0.717, 1.165) is 12.8 Å². The highest BCUT2D eigenvalue weighted by molar-refractivity contribution is 8.00. The van der Waals surface area contributed by atoms with Crippen molar-refractivity contribution in [3.63, 3.8) is 0 Å². The number of nitrogens with zero attached hydrogens (tertiary/aromatic N) is 2. The van der Waals surface area contributed by atoms with Gasteiger partial charge < -0.3 is 26.0 Å². The Bertz CT molecular complexity index is 1470. The number of imidazole rings is 1. The molecule has 0 spiro atoms. The van der Waals surface area contributed by atoms with Crippen molar-refractivity contribution < 1.29 is 27.1 Å². The van der Waals surface area contributed by atoms with E-state index in [-0.39, 0.29) is 52.7 Å². The number of rotatable bonds is 7. The van der Waals surface area contributed by atoms with Gasteiger partial charge in [-0.15, -0.1) is 0 Å². The Morgan fingerprint density at radius 1 is 1.27 bits per heavy atom. The highest BCUT2D eigenvalue weighted by Crippen LogP contribution is 2.40. The number of carbonyl (C=O) groups is 1. The van der Waals surface area contributed by atoms with E-state index in [9.17, 15) is 18.0 Å². The second-order valence-electron chi connectivity index (χ2n) is 9.56. The average molecular weight is 577 g/mol. The van der Waals surface area contributed by atoms with Crippen LogP contribution in [-0.4, -0.2) is 65.8 Å². The Labute approximate surface area is 232 Å². The number of nitrogens with one attached hydrogen (secondary N) is 4. The van der Waals surface area contributed by atoms with E-state index in [2.05, 4.69) is 38.1 Å². The summed E-state index contributed by atoms with van der Waals surface area (Å²) in [7, 11) is 2.98. The molecule has 2 aliphatic rings. The third kappa shape index (κ3) is 5.93. The topological polar surface area (TPSA) is 91.7 Å². The van der Waals surface area contributed by atoms with E-state index < -0.39 is 17.7 Å². The van der Waals surface area contributed by atoms with E-state index >= 15 is 4.39 Å². The number of methoxy groups -OCH3 is 1. The van der Waals surface area contributed by atoms with E-state index in [1.165, 1.54) is 24.8 Å². The Morgan fingerprint density at radius 3 is 2.85 bits per heavy atom. The van der Waals surface area contributed by atoms with E-state index in [4.69, 9.17) is 4.74 Å². The lowest BCUT2D eigenvalue weighted by Crippen LogP contribution is -2.52. The highest BCUT2D eigenvalue weighted by atomic mass is 32.2. The van der Waals surface area contributed by atoms with Crippen LogP contribution < -0.4 is 26.0 Å². The molecule has 0 aliphatic carbocycles. The minimum Gasteiger partial charge on any atom is -0.495 e. The van der Waals surface area contributed by atoms with Crippen LogP contribution in [0.25, 0.3) is 5.65 Å². The molecule has 4 N–H and O–H groups in total. The van der Waals surface area contributed by atoms with Gasteiger partial charge in [-0.05, 0) is 55.5 Å². The molecule has 2 aliphatic heterocycles. The van der Waals surface area contributed by atoms with Crippen LogP contribution in [0.4, 0.5) is 28.9 Å². The molecule has 4 atom stereocenters. The first-order valence-electron chi connectivity index (χ1n) is 12.7. The van der Waals surface area contributed by atoms with Crippen molar-refractivity contribution in [1.82, 2.24) is 20.0 Å². The fourth-order valence-corrected chi connectivity index (χ4v) is 5.84. The molecule has 2 aromatic heterocycles. The van der Waals surface area contributed by atoms with Gasteiger partial charge >= 0.3 is 5.51 Å². The summed E-state index contributed by atoms with van der Waals surface area (Å²) in [6, 6.07) is 7.66. The SMILES string of the molecule is CNC(=O)c1ccc(NCC#Cc2nc3c(N[C@@H]4C[C@H]5CC[C@H](N5)[C@@H]4F)cccn3c2SC(F)(F)F)c(OC)c1. The lowest BCUT2D eigenvalue weighted by Gasteiger charge is -2.33. The fraction of sp³-hybridized carbons (Fsp3) is 0.407. The van der Waals surface area contributed by atoms with Gasteiger partial charge in [-0.25, -0.2) is 9.37 Å². The van der Waals surface area contributed by atoms with Gasteiger partial charge in [0, 0.05) is 42.7 Å². The van der Waals surface area contributed by atoms with Crippen molar-refractivity contribution in [2.45, 2.75) is 54.1 Å². The summed E-state index contributed by atoms with van der Waals surface area (Å²) in [6.45, 7) is 0.0756. The van der Waals surface area contributed by atoms with Gasteiger partial charge in [-0.3, -0.25) is 9.20 Å². The van der Waals surface area contributed by atoms with Gasteiger partial charge in [0.05, 0.1) is 31.1 Å². The summed E-state index contributed by atoms with van der Waals surface area (Å²) in [5, 5.41) is 11.9. The normalized spacial score (nSPS) is 21.9. The summed E-state index contributed by atoms with van der Waals surface area (Å²) in [4.78, 5) is 16.3. The summed E-state index contributed by atoms with van der Waals surface area (Å²) < 4.78 is 62.2. The number of hydrogen-bond donors (Lipinski definition) is 4. The number of piperidine rings is 1. The van der Waals surface area contributed by atoms with Crippen molar-refractivity contribution >= 4 is 34.7 Å². The van der Waals surface area contributed by atoms with Crippen molar-refractivity contribution in [2.75, 3.05) is 31.3 Å². The van der Waals surface area contributed by atoms with Gasteiger partial charge in [0.1, 0.15) is 22.6 Å². The lowest BCUT2D eigenvalue weighted by atomic mass is 9.97. The second kappa shape index (κ2) is 11.5. The largest absolute Gasteiger partial charge is 0.495 e. The van der Waals surface area contributed by atoms with Crippen LogP contribution in [0.15, 0.2) is 41.6 Å². The number of hydrogen-bond acceptors (Lipinski definition) is 7. The molecular weight excluding hydrogens is 548 g/mol. The molecule has 0 radical (unpaired) electrons. The van der Waals surface area contributed by atoms with Crippen LogP contribution in [0.2, 0.25) is 0 Å². The summed E-state index contributed by atoms with van der Waals surface area (Å²) >= 11 is -0.296. The maximum Gasteiger partial charge on any atom is 0.447 e. The van der Waals surface area contributed by atoms with Crippen LogP contribution >= 0.6 is 11.8 Å². The molecule has 40 heavy (non-hydrogen) atoms. The number of fused-ring (bicyclic) bond motifs is 3. The molecule has 0 saturated carbocycles. The number of amides is 1. The van der Waals surface area contributed by atoms with Gasteiger partial charge in [-0.2, -0.15) is 13.2 Å². The smallest absolute Gasteiger partial charge is 0.447 e. The standard InChI is InChI=1S/C27H28F4N6O2S/c1-32-25(38)15-7-9-17(22(13-15)39-2)33-11-3-5-20-26(40-27(29,30)31)37-12-4-6-19(24(37)36-20)35-21-14-16-8-10-18(34-16)23(21)28/h4,6-7,9,12-13,16,18,21,23,33-35H,8,10-11,14H2,1-2H3,(H,32,38)/t16-,18+,21-,23+/m1/s1.